The molecule has 1 heterocycles. The van der Waals surface area contributed by atoms with E-state index >= 15 is 0 Å². The Morgan fingerprint density at radius 2 is 2.29 bits per heavy atom. The standard InChI is InChI=1S/C16H18FN5O5S/c17-9-2-1-8-5-11(10(8)6-9)19-14(20-26)13-16(22-27-21-13)28-4-3-18-15(25)12(24)7-23/h1-2,6,11-12,23-24,26H,3-5,7H2,(H,18,25)(H,19,20)/t11-,12+/m0/s1. The number of nitrogens with zero attached hydrogens (tertiary/aromatic N) is 3. The van der Waals surface area contributed by atoms with Gasteiger partial charge in [0.1, 0.15) is 5.82 Å². The number of hydrogen-bond acceptors (Lipinski definition) is 9. The van der Waals surface area contributed by atoms with E-state index in [1.54, 1.807) is 6.07 Å². The highest BCUT2D eigenvalue weighted by Gasteiger charge is 2.28. The molecule has 3 rings (SSSR count). The summed E-state index contributed by atoms with van der Waals surface area (Å²) >= 11 is 1.18. The summed E-state index contributed by atoms with van der Waals surface area (Å²) in [4.78, 5) is 15.7. The van der Waals surface area contributed by atoms with E-state index in [2.05, 4.69) is 20.6 Å². The number of carbonyl (C=O) groups is 1. The molecule has 150 valence electrons. The van der Waals surface area contributed by atoms with Gasteiger partial charge in [0.2, 0.25) is 0 Å². The fourth-order valence-corrected chi connectivity index (χ4v) is 3.36. The van der Waals surface area contributed by atoms with Crippen molar-refractivity contribution >= 4 is 23.5 Å². The number of amidine groups is 1. The molecular formula is C16H18FN5O5S. The van der Waals surface area contributed by atoms with Gasteiger partial charge >= 0.3 is 0 Å². The van der Waals surface area contributed by atoms with Crippen LogP contribution < -0.4 is 10.8 Å². The SMILES string of the molecule is O=C(NCCSc1nonc1C(=N[C@H]1Cc2ccc(F)cc21)NO)[C@H](O)CO. The first-order chi connectivity index (χ1) is 13.5. The van der Waals surface area contributed by atoms with E-state index in [1.165, 1.54) is 23.9 Å². The van der Waals surface area contributed by atoms with Gasteiger partial charge in [-0.05, 0) is 40.0 Å². The number of fused-ring (bicyclic) bond motifs is 1. The molecule has 0 saturated heterocycles. The van der Waals surface area contributed by atoms with Gasteiger partial charge in [-0.2, -0.15) is 0 Å². The summed E-state index contributed by atoms with van der Waals surface area (Å²) in [5, 5.41) is 37.6. The molecule has 2 atom stereocenters. The lowest BCUT2D eigenvalue weighted by Crippen LogP contribution is -2.37. The van der Waals surface area contributed by atoms with Crippen molar-refractivity contribution in [3.8, 4) is 0 Å². The van der Waals surface area contributed by atoms with E-state index in [9.17, 15) is 19.5 Å². The number of rotatable bonds is 8. The third-order valence-electron chi connectivity index (χ3n) is 4.07. The van der Waals surface area contributed by atoms with Gasteiger partial charge in [-0.1, -0.05) is 17.8 Å². The van der Waals surface area contributed by atoms with Crippen LogP contribution >= 0.6 is 11.8 Å². The van der Waals surface area contributed by atoms with E-state index in [-0.39, 0.29) is 29.9 Å². The number of aliphatic hydroxyl groups is 2. The number of nitrogens with one attached hydrogen (secondary N) is 2. The zero-order valence-electron chi connectivity index (χ0n) is 14.5. The van der Waals surface area contributed by atoms with Gasteiger partial charge in [0, 0.05) is 12.3 Å². The van der Waals surface area contributed by atoms with Crippen molar-refractivity contribution in [2.45, 2.75) is 23.6 Å². The maximum absolute atomic E-state index is 13.4. The molecule has 28 heavy (non-hydrogen) atoms. The number of thioether (sulfide) groups is 1. The molecule has 1 aromatic heterocycles. The van der Waals surface area contributed by atoms with E-state index in [0.29, 0.717) is 17.2 Å². The van der Waals surface area contributed by atoms with Crippen LogP contribution in [0, 0.1) is 5.82 Å². The molecule has 0 aliphatic heterocycles. The number of carbonyl (C=O) groups excluding carboxylic acids is 1. The molecule has 1 aliphatic carbocycles. The molecule has 12 heteroatoms. The smallest absolute Gasteiger partial charge is 0.251 e. The van der Waals surface area contributed by atoms with E-state index in [0.717, 1.165) is 11.1 Å². The summed E-state index contributed by atoms with van der Waals surface area (Å²) in [6, 6.07) is 4.17. The second-order valence-electron chi connectivity index (χ2n) is 5.91. The summed E-state index contributed by atoms with van der Waals surface area (Å²) in [6.07, 6.45) is -0.866. The second-order valence-corrected chi connectivity index (χ2v) is 6.99. The van der Waals surface area contributed by atoms with Crippen LogP contribution in [0.2, 0.25) is 0 Å². The normalized spacial score (nSPS) is 16.9. The zero-order valence-corrected chi connectivity index (χ0v) is 15.3. The zero-order chi connectivity index (χ0) is 20.1. The summed E-state index contributed by atoms with van der Waals surface area (Å²) in [5.74, 6) is -0.647. The van der Waals surface area contributed by atoms with Crippen LogP contribution in [0.1, 0.15) is 22.9 Å². The highest BCUT2D eigenvalue weighted by Crippen LogP contribution is 2.37. The van der Waals surface area contributed by atoms with Crippen LogP contribution in [0.5, 0.6) is 0 Å². The van der Waals surface area contributed by atoms with Crippen LogP contribution in [-0.2, 0) is 11.2 Å². The predicted molar refractivity (Wildman–Crippen MR) is 95.4 cm³/mol. The largest absolute Gasteiger partial charge is 0.393 e. The lowest BCUT2D eigenvalue weighted by Gasteiger charge is -2.27. The highest BCUT2D eigenvalue weighted by molar-refractivity contribution is 7.99. The Morgan fingerprint density at radius 1 is 1.46 bits per heavy atom. The maximum Gasteiger partial charge on any atom is 0.251 e. The Balaban J connectivity index is 1.62. The number of aromatic nitrogens is 2. The Kier molecular flexibility index (Phi) is 6.57. The molecule has 1 aliphatic rings. The van der Waals surface area contributed by atoms with Gasteiger partial charge in [-0.25, -0.2) is 9.02 Å². The number of hydroxylamine groups is 1. The second kappa shape index (κ2) is 9.10. The van der Waals surface area contributed by atoms with E-state index in [4.69, 9.17) is 9.74 Å². The van der Waals surface area contributed by atoms with Crippen molar-refractivity contribution in [2.75, 3.05) is 18.9 Å². The van der Waals surface area contributed by atoms with Gasteiger partial charge in [0.15, 0.2) is 22.7 Å². The molecular weight excluding hydrogens is 393 g/mol. The summed E-state index contributed by atoms with van der Waals surface area (Å²) < 4.78 is 18.1. The van der Waals surface area contributed by atoms with Crippen LogP contribution in [0.3, 0.4) is 0 Å². The van der Waals surface area contributed by atoms with Crippen molar-refractivity contribution < 1.29 is 29.2 Å². The van der Waals surface area contributed by atoms with Crippen LogP contribution in [0.25, 0.3) is 0 Å². The van der Waals surface area contributed by atoms with Gasteiger partial charge in [-0.3, -0.25) is 20.5 Å². The van der Waals surface area contributed by atoms with Crippen molar-refractivity contribution in [1.82, 2.24) is 21.1 Å². The average Bonchev–Trinajstić information content (AvgIpc) is 3.15. The van der Waals surface area contributed by atoms with E-state index in [1.807, 2.05) is 5.48 Å². The number of benzene rings is 1. The van der Waals surface area contributed by atoms with E-state index < -0.39 is 18.6 Å². The van der Waals surface area contributed by atoms with Crippen molar-refractivity contribution in [2.24, 2.45) is 4.99 Å². The third-order valence-corrected chi connectivity index (χ3v) is 5.02. The number of aliphatic hydroxyl groups excluding tert-OH is 2. The molecule has 0 bridgehead atoms. The van der Waals surface area contributed by atoms with Gasteiger partial charge in [0.25, 0.3) is 5.91 Å². The van der Waals surface area contributed by atoms with Gasteiger partial charge < -0.3 is 15.5 Å². The number of amides is 1. The van der Waals surface area contributed by atoms with Gasteiger partial charge in [0.05, 0.1) is 12.6 Å². The molecule has 0 radical (unpaired) electrons. The average molecular weight is 411 g/mol. The number of halogens is 1. The predicted octanol–water partition coefficient (Wildman–Crippen LogP) is -0.207. The Morgan fingerprint density at radius 3 is 3.04 bits per heavy atom. The molecule has 5 N–H and O–H groups in total. The quantitative estimate of drug-likeness (QED) is 0.131. The van der Waals surface area contributed by atoms with Gasteiger partial charge in [-0.15, -0.1) is 0 Å². The van der Waals surface area contributed by atoms with Crippen molar-refractivity contribution in [1.29, 1.82) is 0 Å². The molecule has 1 amide bonds. The maximum atomic E-state index is 13.4. The molecule has 0 spiro atoms. The topological polar surface area (TPSA) is 153 Å². The first kappa shape index (κ1) is 20.2. The summed E-state index contributed by atoms with van der Waals surface area (Å²) in [5.41, 5.74) is 3.88. The minimum absolute atomic E-state index is 0.0309. The lowest BCUT2D eigenvalue weighted by atomic mass is 9.83. The first-order valence-corrected chi connectivity index (χ1v) is 9.30. The Labute approximate surface area is 162 Å². The molecule has 1 aromatic carbocycles. The molecule has 0 fully saturated rings. The number of aliphatic imine (C=N–C) groups is 1. The fraction of sp³-hybridized carbons (Fsp3) is 0.375. The molecule has 2 aromatic rings. The lowest BCUT2D eigenvalue weighted by molar-refractivity contribution is -0.131. The van der Waals surface area contributed by atoms with Crippen LogP contribution in [0.15, 0.2) is 32.8 Å². The van der Waals surface area contributed by atoms with Crippen LogP contribution in [-0.4, -0.2) is 62.5 Å². The van der Waals surface area contributed by atoms with Crippen LogP contribution in [0.4, 0.5) is 4.39 Å². The van der Waals surface area contributed by atoms with Crippen molar-refractivity contribution in [3.05, 3.63) is 40.8 Å². The molecule has 0 unspecified atom stereocenters. The summed E-state index contributed by atoms with van der Waals surface area (Å²) in [6.45, 7) is -0.465. The minimum Gasteiger partial charge on any atom is -0.393 e. The monoisotopic (exact) mass is 411 g/mol. The molecule has 0 saturated carbocycles. The third kappa shape index (κ3) is 4.47. The first-order valence-electron chi connectivity index (χ1n) is 8.32. The Hall–Kier alpha value is -2.54. The fourth-order valence-electron chi connectivity index (χ4n) is 2.61. The summed E-state index contributed by atoms with van der Waals surface area (Å²) in [7, 11) is 0. The highest BCUT2D eigenvalue weighted by atomic mass is 32.2. The Bertz CT molecular complexity index is 877. The molecule has 10 nitrogen and oxygen atoms in total. The number of hydrogen-bond donors (Lipinski definition) is 5. The minimum atomic E-state index is -1.47. The van der Waals surface area contributed by atoms with Crippen molar-refractivity contribution in [3.63, 3.8) is 0 Å².